The van der Waals surface area contributed by atoms with E-state index in [0.29, 0.717) is 5.56 Å². The van der Waals surface area contributed by atoms with Gasteiger partial charge in [-0.25, -0.2) is 4.39 Å². The number of nitrogens with zero attached hydrogens (tertiary/aromatic N) is 1. The van der Waals surface area contributed by atoms with E-state index in [4.69, 9.17) is 22.6 Å². The van der Waals surface area contributed by atoms with Gasteiger partial charge < -0.3 is 14.7 Å². The zero-order valence-corrected chi connectivity index (χ0v) is 14.3. The third kappa shape index (κ3) is 4.43. The smallest absolute Gasteiger partial charge is 0.127 e. The Labute approximate surface area is 173 Å². The zero-order valence-electron chi connectivity index (χ0n) is 27.3. The lowest BCUT2D eigenvalue weighted by atomic mass is 9.86. The zero-order chi connectivity index (χ0) is 30.2. The molecule has 1 atom stereocenters. The molecule has 1 unspecified atom stereocenters. The fraction of sp³-hybridized carbons (Fsp3) is 0.455. The van der Waals surface area contributed by atoms with Crippen LogP contribution in [0.4, 0.5) is 4.39 Å². The molecule has 4 heteroatoms. The molecule has 2 aromatic carbocycles. The van der Waals surface area contributed by atoms with E-state index in [-0.39, 0.29) is 11.3 Å². The van der Waals surface area contributed by atoms with E-state index in [1.807, 2.05) is 0 Å². The lowest BCUT2D eigenvalue weighted by Gasteiger charge is -2.34. The number of likely N-dealkylation sites (tertiary alicyclic amines) is 1. The summed E-state index contributed by atoms with van der Waals surface area (Å²) in [5.41, 5.74) is -0.495. The van der Waals surface area contributed by atoms with Crippen molar-refractivity contribution in [1.29, 1.82) is 0 Å². The van der Waals surface area contributed by atoms with Crippen molar-refractivity contribution in [2.24, 2.45) is 5.89 Å². The third-order valence-corrected chi connectivity index (χ3v) is 3.78. The number of rotatable bonds is 6. The molecule has 3 nitrogen and oxygen atoms in total. The number of methoxy groups -OCH3 is 1. The highest BCUT2D eigenvalue weighted by Gasteiger charge is 2.28. The standard InChI is InChI=1S/C22H28FNO2/c1-16-4-3-5-20(22(16)26-2)21(25)18-11-14-24(15-12-18)13-10-17-6-8-19(23)9-7-17/h3-9,18,21,25H,10-15H2,1-2H3/i10D2,11D2,12D2,13D2,14D2,15D2,18D. The number of para-hydroxylation sites is 1. The van der Waals surface area contributed by atoms with Gasteiger partial charge >= 0.3 is 0 Å². The quantitative estimate of drug-likeness (QED) is 0.830. The molecule has 26 heavy (non-hydrogen) atoms. The average Bonchev–Trinajstić information content (AvgIpc) is 2.81. The van der Waals surface area contributed by atoms with Crippen molar-refractivity contribution in [1.82, 2.24) is 4.90 Å². The van der Waals surface area contributed by atoms with Gasteiger partial charge in [-0.15, -0.1) is 0 Å². The predicted octanol–water partition coefficient (Wildman–Crippen LogP) is 4.13. The van der Waals surface area contributed by atoms with Crippen molar-refractivity contribution in [3.63, 3.8) is 0 Å². The molecule has 0 aromatic heterocycles. The molecular formula is C22H28FNO2. The molecule has 0 aliphatic carbocycles. The van der Waals surface area contributed by atoms with Gasteiger partial charge in [0.1, 0.15) is 11.6 Å². The van der Waals surface area contributed by atoms with Gasteiger partial charge in [-0.1, -0.05) is 30.3 Å². The maximum atomic E-state index is 13.5. The molecule has 1 saturated heterocycles. The Hall–Kier alpha value is -1.91. The Balaban J connectivity index is 2.31. The van der Waals surface area contributed by atoms with Crippen LogP contribution in [0.3, 0.4) is 0 Å². The highest BCUT2D eigenvalue weighted by molar-refractivity contribution is 5.42. The Morgan fingerprint density at radius 3 is 2.65 bits per heavy atom. The van der Waals surface area contributed by atoms with Crippen LogP contribution in [0.25, 0.3) is 0 Å². The molecule has 0 saturated carbocycles. The molecule has 0 bridgehead atoms. The molecule has 2 aromatic rings. The monoisotopic (exact) mass is 370 g/mol. The average molecular weight is 371 g/mol. The van der Waals surface area contributed by atoms with Crippen LogP contribution >= 0.6 is 0 Å². The van der Waals surface area contributed by atoms with Gasteiger partial charge in [0.25, 0.3) is 0 Å². The Bertz CT molecular complexity index is 1210. The topological polar surface area (TPSA) is 32.7 Å². The molecule has 0 radical (unpaired) electrons. The molecule has 1 fully saturated rings. The Kier molecular flexibility index (Phi) is 2.80. The molecule has 1 aliphatic rings. The molecule has 1 heterocycles. The van der Waals surface area contributed by atoms with Gasteiger partial charge in [0.05, 0.1) is 13.2 Å². The SMILES string of the molecule is [2H]C([2H])(c1ccc(F)cc1)C([2H])([2H])N1C([2H])([2H])C([2H])([2H])C([2H])(C(O)c2cccc(C)c2OC)C([2H])([2H])C1([2H])[2H]. The van der Waals surface area contributed by atoms with Crippen molar-refractivity contribution in [3.05, 3.63) is 65.0 Å². The van der Waals surface area contributed by atoms with E-state index >= 15 is 0 Å². The van der Waals surface area contributed by atoms with Crippen LogP contribution in [-0.4, -0.2) is 36.6 Å². The third-order valence-electron chi connectivity index (χ3n) is 3.78. The van der Waals surface area contributed by atoms with Crippen molar-refractivity contribution in [3.8, 4) is 5.75 Å². The maximum absolute atomic E-state index is 13.5. The van der Waals surface area contributed by atoms with Crippen LogP contribution < -0.4 is 4.74 Å². The molecule has 1 aliphatic heterocycles. The van der Waals surface area contributed by atoms with Crippen LogP contribution in [0.2, 0.25) is 0 Å². The van der Waals surface area contributed by atoms with Gasteiger partial charge in [-0.2, -0.15) is 0 Å². The summed E-state index contributed by atoms with van der Waals surface area (Å²) in [4.78, 5) is -0.538. The second-order valence-electron chi connectivity index (χ2n) is 5.57. The van der Waals surface area contributed by atoms with E-state index in [1.54, 1.807) is 13.0 Å². The van der Waals surface area contributed by atoms with Crippen LogP contribution in [0, 0.1) is 18.6 Å². The van der Waals surface area contributed by atoms with Gasteiger partial charge in [-0.05, 0) is 68.2 Å². The first-order chi connectivity index (χ1) is 17.5. The minimum atomic E-state index is -3.95. The minimum absolute atomic E-state index is 0.0743. The second-order valence-corrected chi connectivity index (χ2v) is 5.57. The fourth-order valence-corrected chi connectivity index (χ4v) is 2.46. The van der Waals surface area contributed by atoms with Gasteiger partial charge in [0.2, 0.25) is 0 Å². The van der Waals surface area contributed by atoms with Crippen LogP contribution in [0.15, 0.2) is 42.5 Å². The van der Waals surface area contributed by atoms with Crippen molar-refractivity contribution in [2.45, 2.75) is 32.1 Å². The molecular weight excluding hydrogens is 329 g/mol. The summed E-state index contributed by atoms with van der Waals surface area (Å²) in [5, 5.41) is 11.3. The number of hydrogen-bond acceptors (Lipinski definition) is 3. The Morgan fingerprint density at radius 1 is 1.31 bits per heavy atom. The van der Waals surface area contributed by atoms with E-state index in [9.17, 15) is 9.50 Å². The normalized spacial score (nSPS) is 34.7. The number of hydrogen-bond donors (Lipinski definition) is 1. The number of aliphatic hydroxyl groups is 1. The highest BCUT2D eigenvalue weighted by atomic mass is 19.1. The summed E-state index contributed by atoms with van der Waals surface area (Å²) in [5.74, 6) is -4.55. The number of ether oxygens (including phenoxy) is 1. The Morgan fingerprint density at radius 2 is 2.00 bits per heavy atom. The van der Waals surface area contributed by atoms with Crippen molar-refractivity contribution >= 4 is 0 Å². The second kappa shape index (κ2) is 8.65. The van der Waals surface area contributed by atoms with E-state index in [1.165, 1.54) is 19.2 Å². The number of halogens is 1. The first-order valence-electron chi connectivity index (χ1n) is 14.4. The van der Waals surface area contributed by atoms with Crippen molar-refractivity contribution < 1.29 is 32.1 Å². The largest absolute Gasteiger partial charge is 0.496 e. The summed E-state index contributed by atoms with van der Waals surface area (Å²) in [6.45, 7) is -10.2. The first kappa shape index (κ1) is 8.41. The fourth-order valence-electron chi connectivity index (χ4n) is 2.46. The number of benzene rings is 2. The summed E-state index contributed by atoms with van der Waals surface area (Å²) in [7, 11) is 1.20. The molecule has 1 N–H and O–H groups in total. The first-order valence-corrected chi connectivity index (χ1v) is 7.87. The molecule has 3 rings (SSSR count). The van der Waals surface area contributed by atoms with Gasteiger partial charge in [-0.3, -0.25) is 0 Å². The lowest BCUT2D eigenvalue weighted by molar-refractivity contribution is 0.0575. The minimum Gasteiger partial charge on any atom is -0.496 e. The maximum Gasteiger partial charge on any atom is 0.127 e. The van der Waals surface area contributed by atoms with E-state index in [2.05, 4.69) is 0 Å². The van der Waals surface area contributed by atoms with Crippen LogP contribution in [0.5, 0.6) is 5.75 Å². The van der Waals surface area contributed by atoms with Crippen LogP contribution in [-0.2, 0) is 6.37 Å². The van der Waals surface area contributed by atoms with Gasteiger partial charge in [0, 0.05) is 29.9 Å². The molecule has 0 spiro atoms. The summed E-state index contributed by atoms with van der Waals surface area (Å²) in [6, 6.07) is 7.38. The predicted molar refractivity (Wildman–Crippen MR) is 102 cm³/mol. The molecule has 0 amide bonds. The number of aliphatic hydroxyl groups excluding tert-OH is 1. The highest BCUT2D eigenvalue weighted by Crippen LogP contribution is 2.36. The van der Waals surface area contributed by atoms with Crippen molar-refractivity contribution in [2.75, 3.05) is 26.6 Å². The number of aryl methyl sites for hydroxylation is 2. The van der Waals surface area contributed by atoms with E-state index in [0.717, 1.165) is 24.3 Å². The van der Waals surface area contributed by atoms with E-state index < -0.39 is 66.9 Å². The van der Waals surface area contributed by atoms with Crippen LogP contribution in [0.1, 0.15) is 53.4 Å². The summed E-state index contributed by atoms with van der Waals surface area (Å²) >= 11 is 0. The number of piperidine rings is 1. The molecule has 140 valence electrons. The summed E-state index contributed by atoms with van der Waals surface area (Å²) in [6.07, 6.45) is -13.7. The lowest BCUT2D eigenvalue weighted by Crippen LogP contribution is -2.36. The van der Waals surface area contributed by atoms with Gasteiger partial charge in [0.15, 0.2) is 0 Å². The summed E-state index contributed by atoms with van der Waals surface area (Å²) < 4.78 is 130.